The second-order valence-corrected chi connectivity index (χ2v) is 6.49. The number of aromatic carboxylic acids is 1. The molecule has 1 amide bonds. The van der Waals surface area contributed by atoms with Crippen LogP contribution in [0.2, 0.25) is 0 Å². The van der Waals surface area contributed by atoms with Gasteiger partial charge in [-0.05, 0) is 12.0 Å². The summed E-state index contributed by atoms with van der Waals surface area (Å²) in [5, 5.41) is 9.50. The van der Waals surface area contributed by atoms with Gasteiger partial charge in [0.2, 0.25) is 0 Å². The lowest BCUT2D eigenvalue weighted by atomic mass is 10.2. The summed E-state index contributed by atoms with van der Waals surface area (Å²) in [6.45, 7) is 0.845. The van der Waals surface area contributed by atoms with Gasteiger partial charge in [0, 0.05) is 20.3 Å². The highest BCUT2D eigenvalue weighted by molar-refractivity contribution is 7.17. The zero-order chi connectivity index (χ0) is 18.9. The third-order valence-electron chi connectivity index (χ3n) is 3.39. The number of methoxy groups -OCH3 is 1. The number of ether oxygens (including phenoxy) is 2. The van der Waals surface area contributed by atoms with Crippen LogP contribution in [-0.2, 0) is 22.0 Å². The maximum absolute atomic E-state index is 12.5. The van der Waals surface area contributed by atoms with Gasteiger partial charge < -0.3 is 14.6 Å². The number of carboxylic acid groups (broad SMARTS) is 1. The van der Waals surface area contributed by atoms with Crippen molar-refractivity contribution in [1.82, 2.24) is 4.98 Å². The molecule has 0 saturated heterocycles. The molecule has 0 unspecified atom stereocenters. The molecule has 0 bridgehead atoms. The summed E-state index contributed by atoms with van der Waals surface area (Å²) in [5.74, 6) is -1.18. The Hall–Kier alpha value is -2.16. The minimum absolute atomic E-state index is 0.0163. The van der Waals surface area contributed by atoms with Crippen molar-refractivity contribution in [3.8, 4) is 0 Å². The number of thiazole rings is 1. The quantitative estimate of drug-likeness (QED) is 0.511. The SMILES string of the molecule is COCCCN(C(=O)OCc1ccccc1)c1nc(CCl)c(C(=O)O)s1. The number of carbonyl (C=O) groups excluding carboxylic acids is 1. The topological polar surface area (TPSA) is 89.0 Å². The van der Waals surface area contributed by atoms with E-state index in [1.54, 1.807) is 7.11 Å². The average molecular weight is 399 g/mol. The van der Waals surface area contributed by atoms with Gasteiger partial charge in [0.25, 0.3) is 0 Å². The number of hydrogen-bond donors (Lipinski definition) is 1. The summed E-state index contributed by atoms with van der Waals surface area (Å²) >= 11 is 6.67. The Morgan fingerprint density at radius 3 is 2.62 bits per heavy atom. The van der Waals surface area contributed by atoms with E-state index in [2.05, 4.69) is 4.98 Å². The van der Waals surface area contributed by atoms with Gasteiger partial charge >= 0.3 is 12.1 Å². The molecule has 2 rings (SSSR count). The minimum Gasteiger partial charge on any atom is -0.477 e. The van der Waals surface area contributed by atoms with Crippen molar-refractivity contribution in [2.75, 3.05) is 25.2 Å². The zero-order valence-electron chi connectivity index (χ0n) is 14.2. The van der Waals surface area contributed by atoms with Crippen molar-refractivity contribution in [3.05, 3.63) is 46.5 Å². The molecule has 0 fully saturated rings. The van der Waals surface area contributed by atoms with Crippen LogP contribution in [0.5, 0.6) is 0 Å². The molecule has 1 N–H and O–H groups in total. The molecule has 0 aliphatic heterocycles. The summed E-state index contributed by atoms with van der Waals surface area (Å²) in [7, 11) is 1.57. The summed E-state index contributed by atoms with van der Waals surface area (Å²) in [4.78, 5) is 29.4. The van der Waals surface area contributed by atoms with Crippen molar-refractivity contribution in [1.29, 1.82) is 0 Å². The molecule has 7 nitrogen and oxygen atoms in total. The van der Waals surface area contributed by atoms with E-state index in [1.807, 2.05) is 30.3 Å². The molecule has 0 saturated carbocycles. The largest absolute Gasteiger partial charge is 0.477 e. The smallest absolute Gasteiger partial charge is 0.416 e. The number of alkyl halides is 1. The fraction of sp³-hybridized carbons (Fsp3) is 0.353. The van der Waals surface area contributed by atoms with Crippen LogP contribution in [0.3, 0.4) is 0 Å². The van der Waals surface area contributed by atoms with Crippen LogP contribution < -0.4 is 4.90 Å². The predicted molar refractivity (Wildman–Crippen MR) is 99.1 cm³/mol. The molecule has 140 valence electrons. The third kappa shape index (κ3) is 5.42. The number of carboxylic acids is 1. The molecule has 1 heterocycles. The van der Waals surface area contributed by atoms with Crippen LogP contribution in [0.15, 0.2) is 30.3 Å². The number of rotatable bonds is 9. The van der Waals surface area contributed by atoms with Gasteiger partial charge in [-0.2, -0.15) is 0 Å². The number of amides is 1. The van der Waals surface area contributed by atoms with Crippen molar-refractivity contribution in [2.24, 2.45) is 0 Å². The first-order valence-corrected chi connectivity index (χ1v) is 9.18. The molecule has 0 aliphatic carbocycles. The second kappa shape index (κ2) is 10.1. The molecule has 26 heavy (non-hydrogen) atoms. The Bertz CT molecular complexity index is 738. The van der Waals surface area contributed by atoms with E-state index in [-0.39, 0.29) is 34.7 Å². The number of aromatic nitrogens is 1. The number of carbonyl (C=O) groups is 2. The van der Waals surface area contributed by atoms with Crippen molar-refractivity contribution < 1.29 is 24.2 Å². The highest BCUT2D eigenvalue weighted by atomic mass is 35.5. The number of halogens is 1. The molecule has 0 spiro atoms. The van der Waals surface area contributed by atoms with E-state index in [4.69, 9.17) is 21.1 Å². The Kier molecular flexibility index (Phi) is 7.83. The summed E-state index contributed by atoms with van der Waals surface area (Å²) in [6, 6.07) is 9.28. The third-order valence-corrected chi connectivity index (χ3v) is 4.76. The van der Waals surface area contributed by atoms with Crippen molar-refractivity contribution in [2.45, 2.75) is 18.9 Å². The highest BCUT2D eigenvalue weighted by Gasteiger charge is 2.25. The standard InChI is InChI=1S/C17H19ClN2O5S/c1-24-9-5-8-20(16-19-13(10-18)14(26-16)15(21)22)17(23)25-11-12-6-3-2-4-7-12/h2-4,6-7H,5,8-11H2,1H3,(H,21,22). The van der Waals surface area contributed by atoms with Crippen LogP contribution in [-0.4, -0.2) is 42.4 Å². The van der Waals surface area contributed by atoms with E-state index in [0.29, 0.717) is 13.0 Å². The molecule has 0 atom stereocenters. The lowest BCUT2D eigenvalue weighted by Gasteiger charge is -2.19. The first kappa shape index (κ1) is 20.2. The van der Waals surface area contributed by atoms with Gasteiger partial charge in [0.05, 0.1) is 11.6 Å². The van der Waals surface area contributed by atoms with Gasteiger partial charge in [0.15, 0.2) is 5.13 Å². The first-order valence-electron chi connectivity index (χ1n) is 7.83. The molecular weight excluding hydrogens is 380 g/mol. The van der Waals surface area contributed by atoms with Crippen LogP contribution >= 0.6 is 22.9 Å². The average Bonchev–Trinajstić information content (AvgIpc) is 3.08. The molecular formula is C17H19ClN2O5S. The number of hydrogen-bond acceptors (Lipinski definition) is 6. The van der Waals surface area contributed by atoms with Crippen LogP contribution in [0, 0.1) is 0 Å². The van der Waals surface area contributed by atoms with E-state index in [9.17, 15) is 14.7 Å². The van der Waals surface area contributed by atoms with Gasteiger partial charge in [-0.15, -0.1) is 11.6 Å². The number of anilines is 1. The lowest BCUT2D eigenvalue weighted by Crippen LogP contribution is -2.33. The zero-order valence-corrected chi connectivity index (χ0v) is 15.8. The predicted octanol–water partition coefficient (Wildman–Crippen LogP) is 3.76. The normalized spacial score (nSPS) is 10.5. The molecule has 0 radical (unpaired) electrons. The maximum atomic E-state index is 12.5. The molecule has 0 aliphatic rings. The first-order chi connectivity index (χ1) is 12.6. The van der Waals surface area contributed by atoms with E-state index in [0.717, 1.165) is 16.9 Å². The van der Waals surface area contributed by atoms with E-state index < -0.39 is 12.1 Å². The van der Waals surface area contributed by atoms with Crippen molar-refractivity contribution >= 4 is 40.1 Å². The number of benzene rings is 1. The fourth-order valence-corrected chi connectivity index (χ4v) is 3.35. The van der Waals surface area contributed by atoms with Crippen LogP contribution in [0.25, 0.3) is 0 Å². The Labute approximate surface area is 160 Å². The summed E-state index contributed by atoms with van der Waals surface area (Å²) in [5.41, 5.74) is 1.08. The van der Waals surface area contributed by atoms with Crippen LogP contribution in [0.1, 0.15) is 27.3 Å². The molecule has 1 aromatic carbocycles. The fourth-order valence-electron chi connectivity index (χ4n) is 2.14. The van der Waals surface area contributed by atoms with E-state index >= 15 is 0 Å². The highest BCUT2D eigenvalue weighted by Crippen LogP contribution is 2.28. The monoisotopic (exact) mass is 398 g/mol. The molecule has 1 aromatic heterocycles. The molecule has 2 aromatic rings. The minimum atomic E-state index is -1.13. The Morgan fingerprint density at radius 2 is 2.04 bits per heavy atom. The van der Waals surface area contributed by atoms with Crippen LogP contribution in [0.4, 0.5) is 9.93 Å². The van der Waals surface area contributed by atoms with Gasteiger partial charge in [-0.3, -0.25) is 4.90 Å². The maximum Gasteiger partial charge on any atom is 0.416 e. The second-order valence-electron chi connectivity index (χ2n) is 5.25. The number of nitrogens with zero attached hydrogens (tertiary/aromatic N) is 2. The summed E-state index contributed by atoms with van der Waals surface area (Å²) < 4.78 is 10.4. The van der Waals surface area contributed by atoms with E-state index in [1.165, 1.54) is 4.90 Å². The van der Waals surface area contributed by atoms with Crippen molar-refractivity contribution in [3.63, 3.8) is 0 Å². The Balaban J connectivity index is 2.16. The van der Waals surface area contributed by atoms with Gasteiger partial charge in [-0.25, -0.2) is 14.6 Å². The Morgan fingerprint density at radius 1 is 1.31 bits per heavy atom. The molecule has 9 heteroatoms. The summed E-state index contributed by atoms with van der Waals surface area (Å²) in [6.07, 6.45) is -0.0495. The van der Waals surface area contributed by atoms with Gasteiger partial charge in [-0.1, -0.05) is 41.7 Å². The lowest BCUT2D eigenvalue weighted by molar-refractivity contribution is 0.0701. The van der Waals surface area contributed by atoms with Gasteiger partial charge in [0.1, 0.15) is 11.5 Å².